The lowest BCUT2D eigenvalue weighted by atomic mass is 10.3. The van der Waals surface area contributed by atoms with E-state index in [0.717, 1.165) is 0 Å². The standard InChI is InChI=1S/C4H3BrN2O/c5-4-1-3(2-6)8-7-4/h3H,1H2/t3-/m0/s1. The van der Waals surface area contributed by atoms with Crippen molar-refractivity contribution in [2.75, 3.05) is 0 Å². The Morgan fingerprint density at radius 1 is 2.00 bits per heavy atom. The maximum absolute atomic E-state index is 8.21. The van der Waals surface area contributed by atoms with Gasteiger partial charge < -0.3 is 4.84 Å². The minimum absolute atomic E-state index is 0.371. The van der Waals surface area contributed by atoms with Crippen LogP contribution in [-0.2, 0) is 4.84 Å². The van der Waals surface area contributed by atoms with Gasteiger partial charge in [-0.1, -0.05) is 5.16 Å². The first-order valence-electron chi connectivity index (χ1n) is 2.10. The average molecular weight is 175 g/mol. The van der Waals surface area contributed by atoms with Crippen LogP contribution in [-0.4, -0.2) is 10.7 Å². The van der Waals surface area contributed by atoms with Crippen molar-refractivity contribution in [1.29, 1.82) is 5.26 Å². The van der Waals surface area contributed by atoms with E-state index in [-0.39, 0.29) is 6.10 Å². The molecule has 0 amide bonds. The van der Waals surface area contributed by atoms with Crippen molar-refractivity contribution in [2.24, 2.45) is 5.16 Å². The molecule has 1 rings (SSSR count). The fraction of sp³-hybridized carbons (Fsp3) is 0.500. The molecule has 0 radical (unpaired) electrons. The Labute approximate surface area is 55.1 Å². The molecule has 0 aromatic carbocycles. The zero-order chi connectivity index (χ0) is 5.98. The SMILES string of the molecule is N#C[C@@H]1CC(Br)=NO1. The zero-order valence-corrected chi connectivity index (χ0v) is 5.55. The summed E-state index contributed by atoms with van der Waals surface area (Å²) in [6, 6.07) is 1.93. The van der Waals surface area contributed by atoms with Gasteiger partial charge in [-0.05, 0) is 15.9 Å². The predicted octanol–water partition coefficient (Wildman–Crippen LogP) is 1.01. The molecule has 0 bridgehead atoms. The lowest BCUT2D eigenvalue weighted by molar-refractivity contribution is 0.125. The van der Waals surface area contributed by atoms with E-state index in [4.69, 9.17) is 5.26 Å². The summed E-state index contributed by atoms with van der Waals surface area (Å²) in [5.41, 5.74) is 0. The summed E-state index contributed by atoms with van der Waals surface area (Å²) >= 11 is 3.09. The van der Waals surface area contributed by atoms with E-state index in [1.165, 1.54) is 0 Å². The lowest BCUT2D eigenvalue weighted by Gasteiger charge is -1.90. The maximum Gasteiger partial charge on any atom is 0.218 e. The molecular formula is C4H3BrN2O. The largest absolute Gasteiger partial charge is 0.376 e. The first kappa shape index (κ1) is 5.57. The second-order valence-corrected chi connectivity index (χ2v) is 2.31. The molecule has 0 fully saturated rings. The highest BCUT2D eigenvalue weighted by Gasteiger charge is 2.17. The van der Waals surface area contributed by atoms with Gasteiger partial charge in [-0.15, -0.1) is 0 Å². The lowest BCUT2D eigenvalue weighted by Crippen LogP contribution is -2.00. The highest BCUT2D eigenvalue weighted by molar-refractivity contribution is 9.18. The van der Waals surface area contributed by atoms with Gasteiger partial charge in [-0.3, -0.25) is 0 Å². The number of oxime groups is 1. The summed E-state index contributed by atoms with van der Waals surface area (Å²) in [5, 5.41) is 11.7. The van der Waals surface area contributed by atoms with Gasteiger partial charge in [-0.25, -0.2) is 0 Å². The molecule has 0 saturated carbocycles. The molecule has 0 aliphatic carbocycles. The first-order valence-corrected chi connectivity index (χ1v) is 2.90. The van der Waals surface area contributed by atoms with Crippen LogP contribution in [0.2, 0.25) is 0 Å². The van der Waals surface area contributed by atoms with Gasteiger partial charge >= 0.3 is 0 Å². The van der Waals surface area contributed by atoms with E-state index < -0.39 is 0 Å². The average Bonchev–Trinajstić information content (AvgIpc) is 2.14. The molecule has 0 unspecified atom stereocenters. The molecule has 3 nitrogen and oxygen atoms in total. The van der Waals surface area contributed by atoms with Crippen LogP contribution in [0.5, 0.6) is 0 Å². The quantitative estimate of drug-likeness (QED) is 0.551. The molecule has 1 aliphatic heterocycles. The number of nitriles is 1. The number of rotatable bonds is 0. The molecule has 0 N–H and O–H groups in total. The minimum Gasteiger partial charge on any atom is -0.376 e. The fourth-order valence-corrected chi connectivity index (χ4v) is 0.795. The molecule has 0 aromatic rings. The number of nitrogens with zero attached hydrogens (tertiary/aromatic N) is 2. The van der Waals surface area contributed by atoms with Gasteiger partial charge in [0, 0.05) is 0 Å². The molecule has 8 heavy (non-hydrogen) atoms. The fourth-order valence-electron chi connectivity index (χ4n) is 0.418. The summed E-state index contributed by atoms with van der Waals surface area (Å²) in [4.78, 5) is 4.59. The summed E-state index contributed by atoms with van der Waals surface area (Å²) in [5.74, 6) is 0. The van der Waals surface area contributed by atoms with Crippen LogP contribution in [0.25, 0.3) is 0 Å². The van der Waals surface area contributed by atoms with Gasteiger partial charge in [0.25, 0.3) is 0 Å². The van der Waals surface area contributed by atoms with Crippen LogP contribution in [0.1, 0.15) is 6.42 Å². The third kappa shape index (κ3) is 0.984. The first-order chi connectivity index (χ1) is 3.83. The molecule has 4 heteroatoms. The molecule has 0 saturated heterocycles. The van der Waals surface area contributed by atoms with E-state index in [2.05, 4.69) is 25.9 Å². The van der Waals surface area contributed by atoms with Gasteiger partial charge in [0.2, 0.25) is 6.10 Å². The van der Waals surface area contributed by atoms with Gasteiger partial charge in [-0.2, -0.15) is 5.26 Å². The Bertz CT molecular complexity index is 160. The molecule has 1 aliphatic rings. The second kappa shape index (κ2) is 2.14. The predicted molar refractivity (Wildman–Crippen MR) is 31.5 cm³/mol. The normalized spacial score (nSPS) is 26.0. The topological polar surface area (TPSA) is 45.4 Å². The van der Waals surface area contributed by atoms with Crippen LogP contribution in [0.15, 0.2) is 5.16 Å². The third-order valence-electron chi connectivity index (χ3n) is 0.777. The third-order valence-corrected chi connectivity index (χ3v) is 1.25. The molecule has 42 valence electrons. The van der Waals surface area contributed by atoms with Crippen LogP contribution >= 0.6 is 15.9 Å². The van der Waals surface area contributed by atoms with Crippen LogP contribution < -0.4 is 0 Å². The van der Waals surface area contributed by atoms with E-state index in [9.17, 15) is 0 Å². The smallest absolute Gasteiger partial charge is 0.218 e. The summed E-state index contributed by atoms with van der Waals surface area (Å²) in [6.07, 6.45) is 0.209. The monoisotopic (exact) mass is 174 g/mol. The van der Waals surface area contributed by atoms with Gasteiger partial charge in [0.15, 0.2) is 0 Å². The summed E-state index contributed by atoms with van der Waals surface area (Å²) in [6.45, 7) is 0. The van der Waals surface area contributed by atoms with Crippen LogP contribution in [0, 0.1) is 11.3 Å². The van der Waals surface area contributed by atoms with Gasteiger partial charge in [0.1, 0.15) is 10.7 Å². The van der Waals surface area contributed by atoms with Crippen LogP contribution in [0.4, 0.5) is 0 Å². The molecule has 1 atom stereocenters. The molecule has 1 heterocycles. The van der Waals surface area contributed by atoms with Crippen molar-refractivity contribution in [3.8, 4) is 6.07 Å². The van der Waals surface area contributed by atoms with Crippen molar-refractivity contribution in [3.63, 3.8) is 0 Å². The number of halogens is 1. The Morgan fingerprint density at radius 3 is 3.00 bits per heavy atom. The molecule has 0 aromatic heterocycles. The van der Waals surface area contributed by atoms with E-state index in [1.807, 2.05) is 6.07 Å². The minimum atomic E-state index is -0.371. The molecular weight excluding hydrogens is 172 g/mol. The summed E-state index contributed by atoms with van der Waals surface area (Å²) < 4.78 is 0.712. The number of hydrogen-bond donors (Lipinski definition) is 0. The van der Waals surface area contributed by atoms with E-state index in [0.29, 0.717) is 11.0 Å². The summed E-state index contributed by atoms with van der Waals surface area (Å²) in [7, 11) is 0. The van der Waals surface area contributed by atoms with Crippen molar-refractivity contribution in [1.82, 2.24) is 0 Å². The van der Waals surface area contributed by atoms with Gasteiger partial charge in [0.05, 0.1) is 6.42 Å². The Hall–Kier alpha value is -0.560. The zero-order valence-electron chi connectivity index (χ0n) is 3.97. The highest BCUT2D eigenvalue weighted by atomic mass is 79.9. The van der Waals surface area contributed by atoms with Crippen molar-refractivity contribution < 1.29 is 4.84 Å². The van der Waals surface area contributed by atoms with Crippen LogP contribution in [0.3, 0.4) is 0 Å². The highest BCUT2D eigenvalue weighted by Crippen LogP contribution is 2.12. The van der Waals surface area contributed by atoms with Crippen molar-refractivity contribution in [2.45, 2.75) is 12.5 Å². The Kier molecular flexibility index (Phi) is 1.49. The maximum atomic E-state index is 8.21. The second-order valence-electron chi connectivity index (χ2n) is 1.39. The van der Waals surface area contributed by atoms with Crippen molar-refractivity contribution in [3.05, 3.63) is 0 Å². The molecule has 0 spiro atoms. The number of hydrogen-bond acceptors (Lipinski definition) is 3. The van der Waals surface area contributed by atoms with Crippen molar-refractivity contribution >= 4 is 20.6 Å². The van der Waals surface area contributed by atoms with E-state index >= 15 is 0 Å². The Balaban J connectivity index is 2.47. The Morgan fingerprint density at radius 2 is 2.75 bits per heavy atom. The van der Waals surface area contributed by atoms with E-state index in [1.54, 1.807) is 0 Å².